The molecule has 2 heteroatoms. The largest absolute Gasteiger partial charge is 0.398 e. The van der Waals surface area contributed by atoms with E-state index >= 15 is 0 Å². The SMILES string of the molecule is Cc1ccc(N)c(C#N)c1C. The number of hydrogen-bond donors (Lipinski definition) is 1. The molecule has 11 heavy (non-hydrogen) atoms. The predicted molar refractivity (Wildman–Crippen MR) is 45.0 cm³/mol. The number of nitrogens with two attached hydrogens (primary N) is 1. The van der Waals surface area contributed by atoms with Crippen LogP contribution in [0.5, 0.6) is 0 Å². The average molecular weight is 146 g/mol. The summed E-state index contributed by atoms with van der Waals surface area (Å²) in [5.74, 6) is 0. The van der Waals surface area contributed by atoms with Crippen molar-refractivity contribution in [1.82, 2.24) is 0 Å². The van der Waals surface area contributed by atoms with E-state index in [0.29, 0.717) is 11.3 Å². The van der Waals surface area contributed by atoms with Crippen LogP contribution in [-0.2, 0) is 0 Å². The van der Waals surface area contributed by atoms with Crippen molar-refractivity contribution in [2.24, 2.45) is 0 Å². The summed E-state index contributed by atoms with van der Waals surface area (Å²) in [5, 5.41) is 8.69. The quantitative estimate of drug-likeness (QED) is 0.567. The van der Waals surface area contributed by atoms with E-state index in [1.807, 2.05) is 19.9 Å². The minimum atomic E-state index is 0.565. The summed E-state index contributed by atoms with van der Waals surface area (Å²) in [6.07, 6.45) is 0. The molecule has 0 saturated heterocycles. The molecule has 0 radical (unpaired) electrons. The highest BCUT2D eigenvalue weighted by Gasteiger charge is 2.02. The van der Waals surface area contributed by atoms with Crippen molar-refractivity contribution in [3.63, 3.8) is 0 Å². The number of aryl methyl sites for hydroxylation is 1. The molecule has 1 aromatic carbocycles. The first-order valence-corrected chi connectivity index (χ1v) is 3.42. The Balaban J connectivity index is 3.44. The molecule has 0 aromatic heterocycles. The lowest BCUT2D eigenvalue weighted by atomic mass is 10.0. The van der Waals surface area contributed by atoms with Gasteiger partial charge in [0.1, 0.15) is 6.07 Å². The first-order chi connectivity index (χ1) is 5.16. The Morgan fingerprint density at radius 1 is 1.36 bits per heavy atom. The minimum absolute atomic E-state index is 0.565. The molecule has 2 nitrogen and oxygen atoms in total. The van der Waals surface area contributed by atoms with E-state index in [9.17, 15) is 0 Å². The van der Waals surface area contributed by atoms with E-state index in [1.54, 1.807) is 6.07 Å². The molecule has 0 fully saturated rings. The maximum Gasteiger partial charge on any atom is 0.102 e. The maximum atomic E-state index is 8.69. The Labute approximate surface area is 66.3 Å². The van der Waals surface area contributed by atoms with Crippen LogP contribution in [0.1, 0.15) is 16.7 Å². The van der Waals surface area contributed by atoms with Crippen molar-refractivity contribution < 1.29 is 0 Å². The van der Waals surface area contributed by atoms with Gasteiger partial charge in [-0.05, 0) is 31.0 Å². The fraction of sp³-hybridized carbons (Fsp3) is 0.222. The summed E-state index contributed by atoms with van der Waals surface area (Å²) in [5.41, 5.74) is 8.83. The van der Waals surface area contributed by atoms with E-state index < -0.39 is 0 Å². The molecule has 0 aliphatic heterocycles. The van der Waals surface area contributed by atoms with Crippen LogP contribution in [-0.4, -0.2) is 0 Å². The van der Waals surface area contributed by atoms with Gasteiger partial charge in [-0.25, -0.2) is 0 Å². The van der Waals surface area contributed by atoms with Crippen LogP contribution in [0.2, 0.25) is 0 Å². The summed E-state index contributed by atoms with van der Waals surface area (Å²) >= 11 is 0. The van der Waals surface area contributed by atoms with Gasteiger partial charge in [0.25, 0.3) is 0 Å². The summed E-state index contributed by atoms with van der Waals surface area (Å²) in [6, 6.07) is 5.77. The number of rotatable bonds is 0. The number of anilines is 1. The van der Waals surface area contributed by atoms with Crippen LogP contribution >= 0.6 is 0 Å². The van der Waals surface area contributed by atoms with E-state index in [-0.39, 0.29) is 0 Å². The van der Waals surface area contributed by atoms with Gasteiger partial charge in [-0.3, -0.25) is 0 Å². The lowest BCUT2D eigenvalue weighted by molar-refractivity contribution is 1.31. The van der Waals surface area contributed by atoms with Gasteiger partial charge < -0.3 is 5.73 Å². The molecule has 1 rings (SSSR count). The Hall–Kier alpha value is -1.49. The Morgan fingerprint density at radius 2 is 2.00 bits per heavy atom. The number of nitrogens with zero attached hydrogens (tertiary/aromatic N) is 1. The molecule has 0 heterocycles. The minimum Gasteiger partial charge on any atom is -0.398 e. The van der Waals surface area contributed by atoms with Gasteiger partial charge in [0.2, 0.25) is 0 Å². The summed E-state index contributed by atoms with van der Waals surface area (Å²) in [4.78, 5) is 0. The molecule has 0 unspecified atom stereocenters. The van der Waals surface area contributed by atoms with Crippen molar-refractivity contribution >= 4 is 5.69 Å². The monoisotopic (exact) mass is 146 g/mol. The second-order valence-electron chi connectivity index (χ2n) is 2.58. The smallest absolute Gasteiger partial charge is 0.102 e. The van der Waals surface area contributed by atoms with Crippen LogP contribution < -0.4 is 5.73 Å². The van der Waals surface area contributed by atoms with Crippen LogP contribution in [0.15, 0.2) is 12.1 Å². The molecule has 0 atom stereocenters. The highest BCUT2D eigenvalue weighted by molar-refractivity contribution is 5.59. The zero-order valence-corrected chi connectivity index (χ0v) is 6.68. The van der Waals surface area contributed by atoms with E-state index in [0.717, 1.165) is 11.1 Å². The van der Waals surface area contributed by atoms with Gasteiger partial charge in [-0.1, -0.05) is 6.07 Å². The van der Waals surface area contributed by atoms with E-state index in [1.165, 1.54) is 0 Å². The standard InChI is InChI=1S/C9H10N2/c1-6-3-4-9(11)8(5-10)7(6)2/h3-4H,11H2,1-2H3. The molecule has 0 aliphatic rings. The second-order valence-corrected chi connectivity index (χ2v) is 2.58. The third-order valence-corrected chi connectivity index (χ3v) is 1.88. The molecule has 2 N–H and O–H groups in total. The van der Waals surface area contributed by atoms with Crippen LogP contribution in [0.25, 0.3) is 0 Å². The lowest BCUT2D eigenvalue weighted by Gasteiger charge is -2.03. The van der Waals surface area contributed by atoms with Gasteiger partial charge in [-0.2, -0.15) is 5.26 Å². The molecule has 0 amide bonds. The van der Waals surface area contributed by atoms with Crippen molar-refractivity contribution in [2.75, 3.05) is 5.73 Å². The topological polar surface area (TPSA) is 49.8 Å². The number of nitrogen functional groups attached to an aromatic ring is 1. The van der Waals surface area contributed by atoms with Crippen LogP contribution in [0.4, 0.5) is 5.69 Å². The molecule has 0 saturated carbocycles. The number of nitriles is 1. The summed E-state index contributed by atoms with van der Waals surface area (Å²) in [6.45, 7) is 3.87. The zero-order chi connectivity index (χ0) is 8.43. The third kappa shape index (κ3) is 1.18. The average Bonchev–Trinajstić information content (AvgIpc) is 1.99. The van der Waals surface area contributed by atoms with Gasteiger partial charge >= 0.3 is 0 Å². The fourth-order valence-electron chi connectivity index (χ4n) is 0.985. The van der Waals surface area contributed by atoms with Crippen LogP contribution in [0.3, 0.4) is 0 Å². The van der Waals surface area contributed by atoms with Crippen LogP contribution in [0, 0.1) is 25.2 Å². The van der Waals surface area contributed by atoms with Gasteiger partial charge in [0.15, 0.2) is 0 Å². The van der Waals surface area contributed by atoms with E-state index in [2.05, 4.69) is 6.07 Å². The fourth-order valence-corrected chi connectivity index (χ4v) is 0.985. The molecule has 56 valence electrons. The van der Waals surface area contributed by atoms with E-state index in [4.69, 9.17) is 11.0 Å². The number of hydrogen-bond acceptors (Lipinski definition) is 2. The Kier molecular flexibility index (Phi) is 1.82. The van der Waals surface area contributed by atoms with Crippen molar-refractivity contribution in [3.8, 4) is 6.07 Å². The molecule has 1 aromatic rings. The van der Waals surface area contributed by atoms with Crippen molar-refractivity contribution in [3.05, 3.63) is 28.8 Å². The van der Waals surface area contributed by atoms with Gasteiger partial charge in [-0.15, -0.1) is 0 Å². The Morgan fingerprint density at radius 3 is 2.45 bits per heavy atom. The molecule has 0 spiro atoms. The predicted octanol–water partition coefficient (Wildman–Crippen LogP) is 1.76. The van der Waals surface area contributed by atoms with Gasteiger partial charge in [0.05, 0.1) is 5.56 Å². The highest BCUT2D eigenvalue weighted by Crippen LogP contribution is 2.18. The molecular formula is C9H10N2. The zero-order valence-electron chi connectivity index (χ0n) is 6.68. The highest BCUT2D eigenvalue weighted by atomic mass is 14.6. The third-order valence-electron chi connectivity index (χ3n) is 1.88. The van der Waals surface area contributed by atoms with Crippen molar-refractivity contribution in [2.45, 2.75) is 13.8 Å². The molecule has 0 aliphatic carbocycles. The normalized spacial score (nSPS) is 9.18. The molecule has 0 bridgehead atoms. The second kappa shape index (κ2) is 2.63. The summed E-state index contributed by atoms with van der Waals surface area (Å²) < 4.78 is 0. The van der Waals surface area contributed by atoms with Gasteiger partial charge in [0, 0.05) is 5.69 Å². The summed E-state index contributed by atoms with van der Waals surface area (Å²) in [7, 11) is 0. The maximum absolute atomic E-state index is 8.69. The molecular weight excluding hydrogens is 136 g/mol. The number of benzene rings is 1. The lowest BCUT2D eigenvalue weighted by Crippen LogP contribution is -1.94. The first-order valence-electron chi connectivity index (χ1n) is 3.42. The van der Waals surface area contributed by atoms with Crippen molar-refractivity contribution in [1.29, 1.82) is 5.26 Å². The first kappa shape index (κ1) is 7.62. The Bertz CT molecular complexity index is 321.